The molecule has 2 aromatic carbocycles. The molecule has 0 aliphatic carbocycles. The standard InChI is InChI=1S/C26H32N2O5Si/c1-17-24(34(2,3)32)22(12-14-29)33-26(17)20-15-19(27-13-11-23(27)30)9-10-21(20)28(25(26)31)16-18-7-5-4-6-8-18/h4-10,15,17,22,24,29,32H,11-14,16H2,1-3H3/t17-,22+,24-,26+/m1/s1. The molecule has 2 fully saturated rings. The van der Waals surface area contributed by atoms with Crippen molar-refractivity contribution in [1.82, 2.24) is 0 Å². The summed E-state index contributed by atoms with van der Waals surface area (Å²) in [7, 11) is -2.74. The van der Waals surface area contributed by atoms with Crippen LogP contribution >= 0.6 is 0 Å². The van der Waals surface area contributed by atoms with E-state index in [2.05, 4.69) is 0 Å². The Morgan fingerprint density at radius 2 is 1.88 bits per heavy atom. The Bertz CT molecular complexity index is 1120. The first-order chi connectivity index (χ1) is 16.2. The zero-order valence-electron chi connectivity index (χ0n) is 19.9. The van der Waals surface area contributed by atoms with Crippen LogP contribution in [0.15, 0.2) is 48.5 Å². The Labute approximate surface area is 201 Å². The Kier molecular flexibility index (Phi) is 5.67. The van der Waals surface area contributed by atoms with E-state index in [4.69, 9.17) is 4.74 Å². The van der Waals surface area contributed by atoms with E-state index in [0.717, 1.165) is 22.5 Å². The number of nitrogens with zero attached hydrogens (tertiary/aromatic N) is 2. The molecule has 3 aliphatic heterocycles. The van der Waals surface area contributed by atoms with Crippen molar-refractivity contribution in [3.8, 4) is 0 Å². The normalized spacial score (nSPS) is 28.6. The van der Waals surface area contributed by atoms with E-state index in [1.165, 1.54) is 0 Å². The molecule has 2 saturated heterocycles. The fraction of sp³-hybridized carbons (Fsp3) is 0.462. The highest BCUT2D eigenvalue weighted by Gasteiger charge is 2.66. The number of hydrogen-bond donors (Lipinski definition) is 2. The largest absolute Gasteiger partial charge is 0.432 e. The van der Waals surface area contributed by atoms with Crippen molar-refractivity contribution >= 4 is 31.5 Å². The predicted octanol–water partition coefficient (Wildman–Crippen LogP) is 3.15. The van der Waals surface area contributed by atoms with Gasteiger partial charge >= 0.3 is 0 Å². The van der Waals surface area contributed by atoms with Crippen molar-refractivity contribution in [2.75, 3.05) is 23.0 Å². The molecule has 0 radical (unpaired) electrons. The van der Waals surface area contributed by atoms with Crippen molar-refractivity contribution in [2.24, 2.45) is 5.92 Å². The van der Waals surface area contributed by atoms with E-state index in [9.17, 15) is 19.5 Å². The Balaban J connectivity index is 1.64. The second-order valence-electron chi connectivity index (χ2n) is 10.2. The highest BCUT2D eigenvalue weighted by Crippen LogP contribution is 2.60. The summed E-state index contributed by atoms with van der Waals surface area (Å²) in [6, 6.07) is 15.6. The summed E-state index contributed by atoms with van der Waals surface area (Å²) in [4.78, 5) is 41.1. The van der Waals surface area contributed by atoms with Gasteiger partial charge in [-0.05, 0) is 43.3 Å². The third-order valence-electron chi connectivity index (χ3n) is 7.73. The number of hydrogen-bond acceptors (Lipinski definition) is 5. The molecule has 8 heteroatoms. The highest BCUT2D eigenvalue weighted by molar-refractivity contribution is 6.71. The van der Waals surface area contributed by atoms with Crippen LogP contribution in [0.1, 0.15) is 30.9 Å². The summed E-state index contributed by atoms with van der Waals surface area (Å²) in [5, 5.41) is 9.74. The summed E-state index contributed by atoms with van der Waals surface area (Å²) in [6.45, 7) is 6.72. The van der Waals surface area contributed by atoms with Gasteiger partial charge in [-0.1, -0.05) is 37.3 Å². The van der Waals surface area contributed by atoms with Gasteiger partial charge in [-0.3, -0.25) is 9.59 Å². The number of anilines is 2. The average molecular weight is 481 g/mol. The van der Waals surface area contributed by atoms with Crippen LogP contribution in [0.25, 0.3) is 0 Å². The van der Waals surface area contributed by atoms with E-state index >= 15 is 0 Å². The molecular formula is C26H32N2O5Si. The molecule has 0 saturated carbocycles. The maximum Gasteiger partial charge on any atom is 0.264 e. The van der Waals surface area contributed by atoms with Gasteiger partial charge in [0.2, 0.25) is 5.91 Å². The second kappa shape index (κ2) is 8.30. The van der Waals surface area contributed by atoms with Gasteiger partial charge < -0.3 is 24.4 Å². The number of amides is 2. The van der Waals surface area contributed by atoms with E-state index in [0.29, 0.717) is 25.9 Å². The number of rotatable bonds is 6. The third kappa shape index (κ3) is 3.43. The molecule has 2 N–H and O–H groups in total. The fourth-order valence-electron chi connectivity index (χ4n) is 6.14. The lowest BCUT2D eigenvalue weighted by atomic mass is 9.82. The average Bonchev–Trinajstić information content (AvgIpc) is 3.21. The van der Waals surface area contributed by atoms with E-state index in [1.54, 1.807) is 9.80 Å². The number of carbonyl (C=O) groups is 2. The smallest absolute Gasteiger partial charge is 0.264 e. The Morgan fingerprint density at radius 3 is 2.47 bits per heavy atom. The molecule has 0 unspecified atom stereocenters. The summed E-state index contributed by atoms with van der Waals surface area (Å²) >= 11 is 0. The molecule has 3 heterocycles. The monoisotopic (exact) mass is 480 g/mol. The third-order valence-corrected chi connectivity index (χ3v) is 10.2. The van der Waals surface area contributed by atoms with Crippen LogP contribution in [-0.2, 0) is 26.5 Å². The predicted molar refractivity (Wildman–Crippen MR) is 132 cm³/mol. The minimum Gasteiger partial charge on any atom is -0.432 e. The molecule has 5 rings (SSSR count). The lowest BCUT2D eigenvalue weighted by Gasteiger charge is -2.33. The van der Waals surface area contributed by atoms with E-state index in [-0.39, 0.29) is 29.9 Å². The molecule has 4 atom stereocenters. The SMILES string of the molecule is C[C@@H]1[C@@H]([Si](C)(C)O)[C@H](CCO)O[C@@]12C(=O)N(Cc1ccccc1)c1ccc(N3CCC3=O)cc12. The van der Waals surface area contributed by atoms with Crippen LogP contribution in [0.3, 0.4) is 0 Å². The van der Waals surface area contributed by atoms with Gasteiger partial charge in [0, 0.05) is 42.3 Å². The van der Waals surface area contributed by atoms with Gasteiger partial charge in [0.25, 0.3) is 5.91 Å². The van der Waals surface area contributed by atoms with E-state index < -0.39 is 20.0 Å². The molecule has 3 aliphatic rings. The highest BCUT2D eigenvalue weighted by atomic mass is 28.4. The molecular weight excluding hydrogens is 448 g/mol. The molecule has 0 bridgehead atoms. The molecule has 7 nitrogen and oxygen atoms in total. The van der Waals surface area contributed by atoms with Gasteiger partial charge in [0.15, 0.2) is 13.9 Å². The molecule has 180 valence electrons. The van der Waals surface area contributed by atoms with Crippen molar-refractivity contribution in [1.29, 1.82) is 0 Å². The van der Waals surface area contributed by atoms with Crippen LogP contribution in [0.2, 0.25) is 18.6 Å². The van der Waals surface area contributed by atoms with E-state index in [1.807, 2.05) is 68.5 Å². The zero-order valence-corrected chi connectivity index (χ0v) is 20.9. The summed E-state index contributed by atoms with van der Waals surface area (Å²) in [5.41, 5.74) is 1.82. The maximum absolute atomic E-state index is 14.2. The minimum absolute atomic E-state index is 0.0692. The van der Waals surface area contributed by atoms with Crippen LogP contribution < -0.4 is 9.80 Å². The number of fused-ring (bicyclic) bond motifs is 2. The van der Waals surface area contributed by atoms with Crippen LogP contribution in [-0.4, -0.2) is 49.3 Å². The van der Waals surface area contributed by atoms with Crippen LogP contribution in [0, 0.1) is 5.92 Å². The number of ether oxygens (including phenoxy) is 1. The molecule has 0 aromatic heterocycles. The lowest BCUT2D eigenvalue weighted by molar-refractivity contribution is -0.146. The Morgan fingerprint density at radius 1 is 1.15 bits per heavy atom. The first kappa shape index (κ1) is 23.2. The second-order valence-corrected chi connectivity index (χ2v) is 14.2. The zero-order chi connectivity index (χ0) is 24.3. The van der Waals surface area contributed by atoms with Gasteiger partial charge in [-0.2, -0.15) is 0 Å². The number of β-lactam (4-membered cyclic amide) rings is 1. The number of aliphatic hydroxyl groups is 1. The Hall–Kier alpha value is -2.52. The summed E-state index contributed by atoms with van der Waals surface area (Å²) in [6.07, 6.45) is 0.466. The van der Waals surface area contributed by atoms with Crippen molar-refractivity contribution in [2.45, 2.75) is 56.7 Å². The summed E-state index contributed by atoms with van der Waals surface area (Å²) < 4.78 is 6.64. The van der Waals surface area contributed by atoms with Gasteiger partial charge in [-0.25, -0.2) is 0 Å². The van der Waals surface area contributed by atoms with Crippen molar-refractivity contribution in [3.63, 3.8) is 0 Å². The number of aliphatic hydroxyl groups excluding tert-OH is 1. The lowest BCUT2D eigenvalue weighted by Crippen LogP contribution is -2.46. The van der Waals surface area contributed by atoms with Gasteiger partial charge in [0.1, 0.15) is 0 Å². The van der Waals surface area contributed by atoms with Gasteiger partial charge in [-0.15, -0.1) is 0 Å². The fourth-order valence-corrected chi connectivity index (χ4v) is 8.74. The van der Waals surface area contributed by atoms with Crippen molar-refractivity contribution in [3.05, 3.63) is 59.7 Å². The molecule has 2 amide bonds. The first-order valence-corrected chi connectivity index (χ1v) is 15.0. The molecule has 2 aromatic rings. The molecule has 34 heavy (non-hydrogen) atoms. The topological polar surface area (TPSA) is 90.3 Å². The quantitative estimate of drug-likeness (QED) is 0.490. The van der Waals surface area contributed by atoms with Gasteiger partial charge in [0.05, 0.1) is 18.3 Å². The number of benzene rings is 2. The summed E-state index contributed by atoms with van der Waals surface area (Å²) in [5.74, 6) is -0.362. The van der Waals surface area contributed by atoms with Crippen LogP contribution in [0.5, 0.6) is 0 Å². The van der Waals surface area contributed by atoms with Crippen molar-refractivity contribution < 1.29 is 24.2 Å². The van der Waals surface area contributed by atoms with Crippen LogP contribution in [0.4, 0.5) is 11.4 Å². The first-order valence-electron chi connectivity index (χ1n) is 12.0. The minimum atomic E-state index is -2.74. The molecule has 1 spiro atoms. The maximum atomic E-state index is 14.2. The number of carbonyl (C=O) groups excluding carboxylic acids is 2.